The van der Waals surface area contributed by atoms with Crippen LogP contribution in [0.15, 0.2) is 71.0 Å². The second kappa shape index (κ2) is 12.3. The van der Waals surface area contributed by atoms with Crippen molar-refractivity contribution < 1.29 is 19.6 Å². The molecule has 206 valence electrons. The van der Waals surface area contributed by atoms with Gasteiger partial charge in [-0.2, -0.15) is 0 Å². The number of amides is 2. The van der Waals surface area contributed by atoms with Crippen LogP contribution >= 0.6 is 0 Å². The summed E-state index contributed by atoms with van der Waals surface area (Å²) in [6.07, 6.45) is 3.40. The van der Waals surface area contributed by atoms with Crippen molar-refractivity contribution >= 4 is 24.2 Å². The molecule has 2 aromatic rings. The first-order valence-corrected chi connectivity index (χ1v) is 13.2. The van der Waals surface area contributed by atoms with Gasteiger partial charge in [0.1, 0.15) is 0 Å². The van der Waals surface area contributed by atoms with Gasteiger partial charge >= 0.3 is 0 Å². The van der Waals surface area contributed by atoms with E-state index in [-0.39, 0.29) is 5.69 Å². The molecule has 2 N–H and O–H groups in total. The van der Waals surface area contributed by atoms with Crippen LogP contribution in [0.2, 0.25) is 0 Å². The number of non-ortho nitro benzene ring substituents is 1. The van der Waals surface area contributed by atoms with Crippen molar-refractivity contribution in [3.8, 4) is 0 Å². The van der Waals surface area contributed by atoms with Crippen LogP contribution in [0.4, 0.5) is 5.69 Å². The Morgan fingerprint density at radius 1 is 1.13 bits per heavy atom. The summed E-state index contributed by atoms with van der Waals surface area (Å²) in [5.74, 6) is -0.436. The van der Waals surface area contributed by atoms with E-state index in [2.05, 4.69) is 15.2 Å². The van der Waals surface area contributed by atoms with E-state index in [4.69, 9.17) is 0 Å². The zero-order chi connectivity index (χ0) is 28.0. The molecule has 10 heteroatoms. The average Bonchev–Trinajstić information content (AvgIpc) is 2.94. The highest BCUT2D eigenvalue weighted by molar-refractivity contribution is 5.92. The average molecular weight is 534 g/mol. The van der Waals surface area contributed by atoms with Crippen LogP contribution in [0.5, 0.6) is 0 Å². The first-order chi connectivity index (χ1) is 18.8. The Bertz CT molecular complexity index is 1240. The summed E-state index contributed by atoms with van der Waals surface area (Å²) in [4.78, 5) is 43.1. The number of piperidine rings is 1. The molecule has 4 rings (SSSR count). The minimum atomic E-state index is -0.814. The van der Waals surface area contributed by atoms with Crippen molar-refractivity contribution in [2.24, 2.45) is 4.99 Å². The highest BCUT2D eigenvalue weighted by atomic mass is 16.6. The van der Waals surface area contributed by atoms with E-state index in [9.17, 15) is 24.8 Å². The SMILES string of the molecule is CC1=NC(C)=C(N(C=O)CCCN2CCC(O)(c3ccccc3)CC2)C(c2ccc([N+](=O)[O-])cc2)C1NC=O. The maximum absolute atomic E-state index is 12.4. The van der Waals surface area contributed by atoms with E-state index in [1.54, 1.807) is 17.0 Å². The molecule has 2 heterocycles. The molecule has 1 fully saturated rings. The molecule has 10 nitrogen and oxygen atoms in total. The highest BCUT2D eigenvalue weighted by Crippen LogP contribution is 2.37. The van der Waals surface area contributed by atoms with Crippen molar-refractivity contribution in [3.05, 3.63) is 87.2 Å². The lowest BCUT2D eigenvalue weighted by molar-refractivity contribution is -0.384. The Balaban J connectivity index is 1.47. The molecular weight excluding hydrogens is 498 g/mol. The first-order valence-electron chi connectivity index (χ1n) is 13.2. The standard InChI is InChI=1S/C29H35N5O5/c1-21-27(30-19-35)26(23-9-11-25(12-10-23)34(38)39)28(22(2)31-21)33(20-36)16-6-15-32-17-13-29(37,14-18-32)24-7-4-3-5-8-24/h3-5,7-12,19-20,26-27,37H,6,13-18H2,1-2H3,(H,30,35). The summed E-state index contributed by atoms with van der Waals surface area (Å²) < 4.78 is 0. The van der Waals surface area contributed by atoms with Crippen LogP contribution in [0.1, 0.15) is 50.2 Å². The molecule has 2 aromatic carbocycles. The van der Waals surface area contributed by atoms with Crippen LogP contribution in [0.25, 0.3) is 0 Å². The molecule has 2 unspecified atom stereocenters. The van der Waals surface area contributed by atoms with Gasteiger partial charge in [-0.15, -0.1) is 0 Å². The topological polar surface area (TPSA) is 128 Å². The molecule has 0 aromatic heterocycles. The number of rotatable bonds is 11. The Kier molecular flexibility index (Phi) is 8.88. The summed E-state index contributed by atoms with van der Waals surface area (Å²) >= 11 is 0. The number of hydrogen-bond donors (Lipinski definition) is 2. The predicted octanol–water partition coefficient (Wildman–Crippen LogP) is 3.33. The van der Waals surface area contributed by atoms with Crippen LogP contribution in [0, 0.1) is 10.1 Å². The molecule has 0 saturated carbocycles. The normalized spacial score (nSPS) is 21.2. The van der Waals surface area contributed by atoms with Crippen molar-refractivity contribution in [2.75, 3.05) is 26.2 Å². The van der Waals surface area contributed by atoms with E-state index >= 15 is 0 Å². The van der Waals surface area contributed by atoms with Gasteiger partial charge in [-0.25, -0.2) is 0 Å². The van der Waals surface area contributed by atoms with Crippen LogP contribution in [-0.2, 0) is 15.2 Å². The zero-order valence-corrected chi connectivity index (χ0v) is 22.3. The van der Waals surface area contributed by atoms with Crippen molar-refractivity contribution in [1.29, 1.82) is 0 Å². The number of benzene rings is 2. The fourth-order valence-electron chi connectivity index (χ4n) is 5.72. The first kappa shape index (κ1) is 28.1. The quantitative estimate of drug-likeness (QED) is 0.259. The largest absolute Gasteiger partial charge is 0.385 e. The zero-order valence-electron chi connectivity index (χ0n) is 22.3. The van der Waals surface area contributed by atoms with Crippen LogP contribution in [-0.4, -0.2) is 70.6 Å². The number of nitro groups is 1. The molecule has 39 heavy (non-hydrogen) atoms. The van der Waals surface area contributed by atoms with E-state index in [0.29, 0.717) is 49.3 Å². The van der Waals surface area contributed by atoms with Crippen LogP contribution < -0.4 is 5.32 Å². The number of nitrogens with one attached hydrogen (secondary N) is 1. The molecule has 2 aliphatic rings. The lowest BCUT2D eigenvalue weighted by atomic mass is 9.82. The summed E-state index contributed by atoms with van der Waals surface area (Å²) in [5.41, 5.74) is 2.87. The second-order valence-electron chi connectivity index (χ2n) is 10.2. The van der Waals surface area contributed by atoms with Gasteiger partial charge < -0.3 is 20.2 Å². The van der Waals surface area contributed by atoms with Gasteiger partial charge in [0.2, 0.25) is 12.8 Å². The predicted molar refractivity (Wildman–Crippen MR) is 148 cm³/mol. The molecule has 0 bridgehead atoms. The summed E-state index contributed by atoms with van der Waals surface area (Å²) in [6, 6.07) is 15.5. The Hall–Kier alpha value is -3.89. The fourth-order valence-corrected chi connectivity index (χ4v) is 5.72. The van der Waals surface area contributed by atoms with Gasteiger partial charge in [-0.1, -0.05) is 42.5 Å². The maximum Gasteiger partial charge on any atom is 0.269 e. The minimum absolute atomic E-state index is 0.0324. The van der Waals surface area contributed by atoms with Gasteiger partial charge in [-0.05, 0) is 50.8 Å². The van der Waals surface area contributed by atoms with Crippen LogP contribution in [0.3, 0.4) is 0 Å². The number of nitro benzene ring substituents is 1. The molecule has 0 spiro atoms. The lowest BCUT2D eigenvalue weighted by Gasteiger charge is -2.39. The third-order valence-corrected chi connectivity index (χ3v) is 7.81. The summed E-state index contributed by atoms with van der Waals surface area (Å²) in [5, 5.41) is 25.1. The van der Waals surface area contributed by atoms with Gasteiger partial charge in [0, 0.05) is 37.5 Å². The lowest BCUT2D eigenvalue weighted by Crippen LogP contribution is -2.46. The Morgan fingerprint density at radius 3 is 2.38 bits per heavy atom. The summed E-state index contributed by atoms with van der Waals surface area (Å²) in [6.45, 7) is 6.38. The Morgan fingerprint density at radius 2 is 1.79 bits per heavy atom. The smallest absolute Gasteiger partial charge is 0.269 e. The van der Waals surface area contributed by atoms with Crippen molar-refractivity contribution in [3.63, 3.8) is 0 Å². The van der Waals surface area contributed by atoms with Gasteiger partial charge in [0.15, 0.2) is 0 Å². The minimum Gasteiger partial charge on any atom is -0.385 e. The molecule has 2 amide bonds. The van der Waals surface area contributed by atoms with E-state index in [0.717, 1.165) is 37.2 Å². The number of allylic oxidation sites excluding steroid dienone is 1. The molecule has 0 radical (unpaired) electrons. The third-order valence-electron chi connectivity index (χ3n) is 7.81. The number of aliphatic imine (C=N–C) groups is 1. The molecule has 2 aliphatic heterocycles. The van der Waals surface area contributed by atoms with E-state index in [1.165, 1.54) is 12.1 Å². The van der Waals surface area contributed by atoms with Gasteiger partial charge in [0.25, 0.3) is 5.69 Å². The molecule has 2 atom stereocenters. The number of hydrogen-bond acceptors (Lipinski definition) is 7. The molecule has 0 aliphatic carbocycles. The van der Waals surface area contributed by atoms with Crippen molar-refractivity contribution in [1.82, 2.24) is 15.1 Å². The second-order valence-corrected chi connectivity index (χ2v) is 10.2. The highest BCUT2D eigenvalue weighted by Gasteiger charge is 2.37. The summed E-state index contributed by atoms with van der Waals surface area (Å²) in [7, 11) is 0. The Labute approximate surface area is 228 Å². The number of likely N-dealkylation sites (tertiary alicyclic amines) is 1. The number of carbonyl (C=O) groups excluding carboxylic acids is 2. The monoisotopic (exact) mass is 533 g/mol. The number of carbonyl (C=O) groups is 2. The van der Waals surface area contributed by atoms with Gasteiger partial charge in [0.05, 0.1) is 33.9 Å². The third kappa shape index (κ3) is 6.23. The maximum atomic E-state index is 12.4. The number of nitrogens with zero attached hydrogens (tertiary/aromatic N) is 4. The van der Waals surface area contributed by atoms with Gasteiger partial charge in [-0.3, -0.25) is 24.7 Å². The fraction of sp³-hybridized carbons (Fsp3) is 0.414. The van der Waals surface area contributed by atoms with E-state index in [1.807, 2.05) is 44.2 Å². The molecular formula is C29H35N5O5. The molecule has 1 saturated heterocycles. The van der Waals surface area contributed by atoms with E-state index < -0.39 is 22.5 Å². The number of aliphatic hydroxyl groups is 1. The van der Waals surface area contributed by atoms with Crippen molar-refractivity contribution in [2.45, 2.75) is 50.7 Å².